The van der Waals surface area contributed by atoms with E-state index < -0.39 is 18.1 Å². The highest BCUT2D eigenvalue weighted by Gasteiger charge is 2.37. The molecule has 0 bridgehead atoms. The minimum atomic E-state index is -0.941. The zero-order valence-electron chi connectivity index (χ0n) is 13.5. The Hall–Kier alpha value is -3.07. The summed E-state index contributed by atoms with van der Waals surface area (Å²) in [5, 5.41) is 30.1. The van der Waals surface area contributed by atoms with Crippen LogP contribution in [0.15, 0.2) is 35.7 Å². The van der Waals surface area contributed by atoms with Crippen LogP contribution in [-0.4, -0.2) is 60.9 Å². The number of amides is 1. The predicted octanol–water partition coefficient (Wildman–Crippen LogP) is 0.815. The average Bonchev–Trinajstić information content (AvgIpc) is 3.24. The lowest BCUT2D eigenvalue weighted by Gasteiger charge is -2.19. The molecule has 0 unspecified atom stereocenters. The van der Waals surface area contributed by atoms with Crippen LogP contribution in [0.4, 0.5) is 0 Å². The number of aliphatic imine (C=N–C) groups is 1. The number of ether oxygens (including phenoxy) is 1. The van der Waals surface area contributed by atoms with Crippen LogP contribution in [0, 0.1) is 0 Å². The quantitative estimate of drug-likeness (QED) is 0.360. The number of benzene rings is 1. The molecule has 132 valence electrons. The minimum absolute atomic E-state index is 0.0428. The summed E-state index contributed by atoms with van der Waals surface area (Å²) < 4.78 is 5.52. The summed E-state index contributed by atoms with van der Waals surface area (Å²) in [6.45, 7) is 1.72. The van der Waals surface area contributed by atoms with E-state index in [0.29, 0.717) is 11.5 Å². The van der Waals surface area contributed by atoms with Crippen LogP contribution in [0.5, 0.6) is 11.5 Å². The summed E-state index contributed by atoms with van der Waals surface area (Å²) in [7, 11) is 0. The fraction of sp³-hybridized carbons (Fsp3) is 0.312. The molecule has 0 fully saturated rings. The molecule has 1 aromatic heterocycles. The highest BCUT2D eigenvalue weighted by atomic mass is 16.5. The number of hydrogen-bond donors (Lipinski definition) is 4. The van der Waals surface area contributed by atoms with Gasteiger partial charge in [-0.25, -0.2) is 15.0 Å². The van der Waals surface area contributed by atoms with Gasteiger partial charge in [0.25, 0.3) is 5.91 Å². The first-order chi connectivity index (χ1) is 12.0. The van der Waals surface area contributed by atoms with E-state index in [9.17, 15) is 20.2 Å². The highest BCUT2D eigenvalue weighted by Crippen LogP contribution is 2.31. The number of phenolic OH excluding ortho intramolecular Hbond substituents is 2. The van der Waals surface area contributed by atoms with Gasteiger partial charge in [-0.15, -0.1) is 0 Å². The van der Waals surface area contributed by atoms with E-state index in [1.54, 1.807) is 13.1 Å². The van der Waals surface area contributed by atoms with Crippen LogP contribution in [0.25, 0.3) is 0 Å². The first-order valence-corrected chi connectivity index (χ1v) is 7.70. The maximum Gasteiger partial charge on any atom is 0.274 e. The van der Waals surface area contributed by atoms with E-state index in [0.717, 1.165) is 5.69 Å². The topological polar surface area (TPSA) is 131 Å². The summed E-state index contributed by atoms with van der Waals surface area (Å²) in [5.41, 5.74) is 0.973. The number of carbonyl (C=O) groups excluding carboxylic acids is 1. The van der Waals surface area contributed by atoms with Gasteiger partial charge in [0, 0.05) is 18.3 Å². The molecule has 1 aromatic carbocycles. The smallest absolute Gasteiger partial charge is 0.274 e. The van der Waals surface area contributed by atoms with Gasteiger partial charge in [0.1, 0.15) is 6.10 Å². The Morgan fingerprint density at radius 2 is 2.20 bits per heavy atom. The summed E-state index contributed by atoms with van der Waals surface area (Å²) in [5.74, 6) is -1.25. The fourth-order valence-electron chi connectivity index (χ4n) is 2.51. The number of rotatable bonds is 5. The number of aromatic nitrogens is 2. The molecule has 0 saturated heterocycles. The zero-order chi connectivity index (χ0) is 18.0. The molecule has 3 rings (SSSR count). The number of aromatic amines is 1. The summed E-state index contributed by atoms with van der Waals surface area (Å²) in [4.78, 5) is 23.3. The number of hydrogen-bond acceptors (Lipinski definition) is 7. The van der Waals surface area contributed by atoms with Gasteiger partial charge >= 0.3 is 0 Å². The van der Waals surface area contributed by atoms with Gasteiger partial charge in [-0.1, -0.05) is 6.07 Å². The second-order valence-corrected chi connectivity index (χ2v) is 5.66. The molecule has 2 heterocycles. The molecule has 0 aliphatic carbocycles. The van der Waals surface area contributed by atoms with Crippen molar-refractivity contribution in [2.75, 3.05) is 6.54 Å². The molecule has 1 aliphatic heterocycles. The van der Waals surface area contributed by atoms with Gasteiger partial charge in [0.15, 0.2) is 17.5 Å². The summed E-state index contributed by atoms with van der Waals surface area (Å²) >= 11 is 0. The van der Waals surface area contributed by atoms with Crippen LogP contribution in [0.1, 0.15) is 18.2 Å². The Kier molecular flexibility index (Phi) is 4.57. The van der Waals surface area contributed by atoms with E-state index in [1.165, 1.54) is 24.5 Å². The maximum absolute atomic E-state index is 12.4. The van der Waals surface area contributed by atoms with Gasteiger partial charge in [-0.05, 0) is 19.1 Å². The first-order valence-electron chi connectivity index (χ1n) is 7.70. The number of H-pyrrole nitrogens is 1. The van der Waals surface area contributed by atoms with Gasteiger partial charge in [-0.3, -0.25) is 10.0 Å². The van der Waals surface area contributed by atoms with Crippen molar-refractivity contribution in [3.05, 3.63) is 42.0 Å². The fourth-order valence-corrected chi connectivity index (χ4v) is 2.51. The number of para-hydroxylation sites is 1. The third-order valence-corrected chi connectivity index (χ3v) is 3.90. The van der Waals surface area contributed by atoms with Crippen LogP contribution >= 0.6 is 0 Å². The summed E-state index contributed by atoms with van der Waals surface area (Å²) in [6.07, 6.45) is 2.92. The van der Waals surface area contributed by atoms with Crippen LogP contribution in [0.3, 0.4) is 0 Å². The number of nitrogens with zero attached hydrogens (tertiary/aromatic N) is 3. The van der Waals surface area contributed by atoms with E-state index in [-0.39, 0.29) is 29.5 Å². The minimum Gasteiger partial charge on any atom is -0.504 e. The van der Waals surface area contributed by atoms with Crippen molar-refractivity contribution in [3.8, 4) is 11.5 Å². The molecule has 9 heteroatoms. The molecule has 25 heavy (non-hydrogen) atoms. The molecule has 2 aromatic rings. The monoisotopic (exact) mass is 346 g/mol. The van der Waals surface area contributed by atoms with Crippen LogP contribution in [-0.2, 0) is 16.0 Å². The molecule has 0 saturated carbocycles. The van der Waals surface area contributed by atoms with E-state index in [4.69, 9.17) is 4.74 Å². The van der Waals surface area contributed by atoms with Crippen LogP contribution < -0.4 is 0 Å². The molecule has 1 aliphatic rings. The van der Waals surface area contributed by atoms with Crippen molar-refractivity contribution < 1.29 is 25.0 Å². The number of carbonyl (C=O) groups is 1. The number of phenols is 2. The zero-order valence-corrected chi connectivity index (χ0v) is 13.5. The largest absolute Gasteiger partial charge is 0.504 e. The SMILES string of the molecule is C[C@H]1OC(c2cccc(O)c2O)=N[C@@H]1C(=O)N(O)CCc1cnc[nH]1. The second kappa shape index (κ2) is 6.81. The lowest BCUT2D eigenvalue weighted by molar-refractivity contribution is -0.168. The van der Waals surface area contributed by atoms with Crippen LogP contribution in [0.2, 0.25) is 0 Å². The van der Waals surface area contributed by atoms with Crippen molar-refractivity contribution in [1.29, 1.82) is 0 Å². The molecule has 9 nitrogen and oxygen atoms in total. The number of nitrogens with one attached hydrogen (secondary N) is 1. The molecule has 4 N–H and O–H groups in total. The molecule has 0 spiro atoms. The number of aromatic hydroxyl groups is 2. The lowest BCUT2D eigenvalue weighted by atomic mass is 10.2. The Balaban J connectivity index is 1.71. The molecule has 0 radical (unpaired) electrons. The third-order valence-electron chi connectivity index (χ3n) is 3.90. The Morgan fingerprint density at radius 1 is 1.40 bits per heavy atom. The van der Waals surface area contributed by atoms with Crippen molar-refractivity contribution in [3.63, 3.8) is 0 Å². The van der Waals surface area contributed by atoms with Gasteiger partial charge in [0.2, 0.25) is 5.90 Å². The second-order valence-electron chi connectivity index (χ2n) is 5.66. The van der Waals surface area contributed by atoms with Crippen molar-refractivity contribution in [1.82, 2.24) is 15.0 Å². The first kappa shape index (κ1) is 16.8. The average molecular weight is 346 g/mol. The normalized spacial score (nSPS) is 19.4. The Bertz CT molecular complexity index is 790. The van der Waals surface area contributed by atoms with Gasteiger partial charge in [-0.2, -0.15) is 0 Å². The number of hydroxylamine groups is 2. The van der Waals surface area contributed by atoms with Crippen molar-refractivity contribution in [2.24, 2.45) is 4.99 Å². The molecule has 2 atom stereocenters. The Labute approximate surface area is 143 Å². The standard InChI is InChI=1S/C16H18N4O5/c1-9-13(16(23)20(24)6-5-10-7-17-8-18-10)19-15(25-9)11-3-2-4-12(21)14(11)22/h2-4,7-9,13,21-22,24H,5-6H2,1H3,(H,17,18)/t9-,13+/m1/s1. The number of imidazole rings is 1. The van der Waals surface area contributed by atoms with Crippen molar-refractivity contribution >= 4 is 11.8 Å². The summed E-state index contributed by atoms with van der Waals surface area (Å²) in [6, 6.07) is 3.43. The molecular formula is C16H18N4O5. The predicted molar refractivity (Wildman–Crippen MR) is 86.4 cm³/mol. The molecule has 1 amide bonds. The third kappa shape index (κ3) is 3.41. The van der Waals surface area contributed by atoms with Gasteiger partial charge < -0.3 is 19.9 Å². The van der Waals surface area contributed by atoms with E-state index in [2.05, 4.69) is 15.0 Å². The lowest BCUT2D eigenvalue weighted by Crippen LogP contribution is -2.41. The van der Waals surface area contributed by atoms with Crippen molar-refractivity contribution in [2.45, 2.75) is 25.5 Å². The Morgan fingerprint density at radius 3 is 2.92 bits per heavy atom. The maximum atomic E-state index is 12.4. The molecular weight excluding hydrogens is 328 g/mol. The van der Waals surface area contributed by atoms with E-state index in [1.807, 2.05) is 0 Å². The van der Waals surface area contributed by atoms with Gasteiger partial charge in [0.05, 0.1) is 18.4 Å². The highest BCUT2D eigenvalue weighted by molar-refractivity contribution is 6.01. The van der Waals surface area contributed by atoms with E-state index >= 15 is 0 Å².